The summed E-state index contributed by atoms with van der Waals surface area (Å²) in [6.45, 7) is 19.5. The molecule has 0 fully saturated rings. The largest absolute Gasteiger partial charge is 0.312 e. The number of hydrogen-bond acceptors (Lipinski definition) is 2. The Morgan fingerprint density at radius 2 is 1.84 bits per heavy atom. The third kappa shape index (κ3) is 6.09. The van der Waals surface area contributed by atoms with Gasteiger partial charge in [0.15, 0.2) is 0 Å². The molecular formula is C17H34N2. The predicted octanol–water partition coefficient (Wildman–Crippen LogP) is 3.83. The highest BCUT2D eigenvalue weighted by Gasteiger charge is 2.23. The molecule has 1 heterocycles. The second-order valence-corrected chi connectivity index (χ2v) is 8.04. The van der Waals surface area contributed by atoms with E-state index in [0.29, 0.717) is 11.5 Å². The molecule has 0 aliphatic carbocycles. The quantitative estimate of drug-likeness (QED) is 0.778. The zero-order valence-electron chi connectivity index (χ0n) is 14.1. The van der Waals surface area contributed by atoms with Gasteiger partial charge in [0.05, 0.1) is 0 Å². The Labute approximate surface area is 120 Å². The van der Waals surface area contributed by atoms with E-state index >= 15 is 0 Å². The number of rotatable bonds is 4. The molecule has 0 aromatic rings. The highest BCUT2D eigenvalue weighted by atomic mass is 15.2. The lowest BCUT2D eigenvalue weighted by Gasteiger charge is -2.36. The van der Waals surface area contributed by atoms with Crippen LogP contribution in [0, 0.1) is 5.41 Å². The zero-order chi connectivity index (χ0) is 14.7. The first kappa shape index (κ1) is 16.7. The molecule has 0 aromatic heterocycles. The van der Waals surface area contributed by atoms with Gasteiger partial charge in [0, 0.05) is 24.7 Å². The second kappa shape index (κ2) is 6.41. The number of nitrogens with zero attached hydrogens (tertiary/aromatic N) is 1. The third-order valence-electron chi connectivity index (χ3n) is 4.04. The molecule has 1 rings (SSSR count). The summed E-state index contributed by atoms with van der Waals surface area (Å²) < 4.78 is 0. The first-order valence-corrected chi connectivity index (χ1v) is 7.78. The van der Waals surface area contributed by atoms with Gasteiger partial charge in [-0.2, -0.15) is 0 Å². The Bertz CT molecular complexity index is 304. The van der Waals surface area contributed by atoms with Crippen LogP contribution in [-0.2, 0) is 0 Å². The van der Waals surface area contributed by atoms with Crippen molar-refractivity contribution in [3.05, 3.63) is 11.6 Å². The van der Waals surface area contributed by atoms with Gasteiger partial charge in [-0.3, -0.25) is 4.90 Å². The van der Waals surface area contributed by atoms with E-state index in [0.717, 1.165) is 13.1 Å². The summed E-state index contributed by atoms with van der Waals surface area (Å²) in [5.74, 6) is 0. The van der Waals surface area contributed by atoms with E-state index in [9.17, 15) is 0 Å². The number of hydrogen-bond donors (Lipinski definition) is 1. The molecule has 0 saturated carbocycles. The molecule has 0 bridgehead atoms. The van der Waals surface area contributed by atoms with Gasteiger partial charge in [-0.25, -0.2) is 0 Å². The van der Waals surface area contributed by atoms with Crippen LogP contribution in [-0.4, -0.2) is 36.1 Å². The van der Waals surface area contributed by atoms with E-state index in [1.54, 1.807) is 5.57 Å². The molecule has 19 heavy (non-hydrogen) atoms. The molecule has 1 aliphatic rings. The fraction of sp³-hybridized carbons (Fsp3) is 0.882. The Kier molecular flexibility index (Phi) is 5.64. The maximum absolute atomic E-state index is 3.58. The minimum Gasteiger partial charge on any atom is -0.312 e. The van der Waals surface area contributed by atoms with E-state index in [-0.39, 0.29) is 5.54 Å². The first-order valence-electron chi connectivity index (χ1n) is 7.78. The minimum atomic E-state index is 0.237. The van der Waals surface area contributed by atoms with Crippen molar-refractivity contribution in [1.29, 1.82) is 0 Å². The van der Waals surface area contributed by atoms with E-state index in [1.807, 2.05) is 0 Å². The summed E-state index contributed by atoms with van der Waals surface area (Å²) in [6, 6.07) is 0.674. The minimum absolute atomic E-state index is 0.237. The lowest BCUT2D eigenvalue weighted by molar-refractivity contribution is 0.203. The van der Waals surface area contributed by atoms with Crippen molar-refractivity contribution in [2.45, 2.75) is 72.9 Å². The van der Waals surface area contributed by atoms with Crippen LogP contribution in [0.25, 0.3) is 0 Å². The van der Waals surface area contributed by atoms with Crippen LogP contribution in [0.2, 0.25) is 0 Å². The molecule has 1 aliphatic heterocycles. The average molecular weight is 266 g/mol. The average Bonchev–Trinajstić information content (AvgIpc) is 2.26. The summed E-state index contributed by atoms with van der Waals surface area (Å²) in [5.41, 5.74) is 2.22. The normalized spacial score (nSPS) is 20.3. The molecule has 2 nitrogen and oxygen atoms in total. The molecule has 2 heteroatoms. The molecule has 0 saturated heterocycles. The summed E-state index contributed by atoms with van der Waals surface area (Å²) in [6.07, 6.45) is 4.92. The van der Waals surface area contributed by atoms with Crippen LogP contribution in [0.5, 0.6) is 0 Å². The topological polar surface area (TPSA) is 15.3 Å². The van der Waals surface area contributed by atoms with Crippen molar-refractivity contribution < 1.29 is 0 Å². The fourth-order valence-electron chi connectivity index (χ4n) is 2.61. The third-order valence-corrected chi connectivity index (χ3v) is 4.04. The van der Waals surface area contributed by atoms with Gasteiger partial charge >= 0.3 is 0 Å². The molecule has 112 valence electrons. The standard InChI is InChI=1S/C17H34N2/c1-14(8-11-18-17(5,6)7)19-12-9-15(10-13-19)16(2,3)4/h9,14,18H,8,10-13H2,1-7H3. The molecule has 1 unspecified atom stereocenters. The first-order chi connectivity index (χ1) is 8.59. The molecule has 1 N–H and O–H groups in total. The zero-order valence-corrected chi connectivity index (χ0v) is 14.1. The van der Waals surface area contributed by atoms with Gasteiger partial charge < -0.3 is 5.32 Å². The molecule has 0 spiro atoms. The maximum atomic E-state index is 3.58. The van der Waals surface area contributed by atoms with Gasteiger partial charge in [-0.1, -0.05) is 32.4 Å². The Hall–Kier alpha value is -0.340. The molecular weight excluding hydrogens is 232 g/mol. The Morgan fingerprint density at radius 1 is 1.21 bits per heavy atom. The lowest BCUT2D eigenvalue weighted by Crippen LogP contribution is -2.42. The van der Waals surface area contributed by atoms with Crippen LogP contribution in [0.1, 0.15) is 61.3 Å². The summed E-state index contributed by atoms with van der Waals surface area (Å²) in [7, 11) is 0. The van der Waals surface area contributed by atoms with Crippen LogP contribution in [0.4, 0.5) is 0 Å². The van der Waals surface area contributed by atoms with E-state index in [2.05, 4.69) is 64.8 Å². The predicted molar refractivity (Wildman–Crippen MR) is 85.6 cm³/mol. The van der Waals surface area contributed by atoms with Gasteiger partial charge in [0.1, 0.15) is 0 Å². The van der Waals surface area contributed by atoms with E-state index in [4.69, 9.17) is 0 Å². The van der Waals surface area contributed by atoms with Crippen molar-refractivity contribution in [2.75, 3.05) is 19.6 Å². The van der Waals surface area contributed by atoms with Crippen molar-refractivity contribution in [1.82, 2.24) is 10.2 Å². The Balaban J connectivity index is 2.37. The summed E-state index contributed by atoms with van der Waals surface area (Å²) in [4.78, 5) is 2.61. The SMILES string of the molecule is CC(CCNC(C)(C)C)N1CC=C(C(C)(C)C)CC1. The maximum Gasteiger partial charge on any atom is 0.0168 e. The Morgan fingerprint density at radius 3 is 2.26 bits per heavy atom. The van der Waals surface area contributed by atoms with Gasteiger partial charge in [-0.15, -0.1) is 0 Å². The fourth-order valence-corrected chi connectivity index (χ4v) is 2.61. The molecule has 1 atom stereocenters. The van der Waals surface area contributed by atoms with Gasteiger partial charge in [0.2, 0.25) is 0 Å². The van der Waals surface area contributed by atoms with Crippen molar-refractivity contribution in [3.63, 3.8) is 0 Å². The van der Waals surface area contributed by atoms with Gasteiger partial charge in [-0.05, 0) is 52.5 Å². The van der Waals surface area contributed by atoms with Crippen molar-refractivity contribution >= 4 is 0 Å². The smallest absolute Gasteiger partial charge is 0.0168 e. The highest BCUT2D eigenvalue weighted by Crippen LogP contribution is 2.30. The van der Waals surface area contributed by atoms with Crippen molar-refractivity contribution in [2.24, 2.45) is 5.41 Å². The van der Waals surface area contributed by atoms with Crippen LogP contribution in [0.15, 0.2) is 11.6 Å². The van der Waals surface area contributed by atoms with Gasteiger partial charge in [0.25, 0.3) is 0 Å². The van der Waals surface area contributed by atoms with E-state index < -0.39 is 0 Å². The van der Waals surface area contributed by atoms with Crippen molar-refractivity contribution in [3.8, 4) is 0 Å². The molecule has 0 aromatic carbocycles. The summed E-state index contributed by atoms with van der Waals surface area (Å²) >= 11 is 0. The number of nitrogens with one attached hydrogen (secondary N) is 1. The van der Waals surface area contributed by atoms with E-state index in [1.165, 1.54) is 19.4 Å². The van der Waals surface area contributed by atoms with Crippen LogP contribution < -0.4 is 5.32 Å². The van der Waals surface area contributed by atoms with Crippen LogP contribution in [0.3, 0.4) is 0 Å². The highest BCUT2D eigenvalue weighted by molar-refractivity contribution is 5.14. The molecule has 0 amide bonds. The second-order valence-electron chi connectivity index (χ2n) is 8.04. The van der Waals surface area contributed by atoms with Crippen LogP contribution >= 0.6 is 0 Å². The summed E-state index contributed by atoms with van der Waals surface area (Å²) in [5, 5.41) is 3.58. The molecule has 0 radical (unpaired) electrons. The lowest BCUT2D eigenvalue weighted by atomic mass is 9.82. The monoisotopic (exact) mass is 266 g/mol.